The van der Waals surface area contributed by atoms with Gasteiger partial charge in [0, 0.05) is 11.7 Å². The monoisotopic (exact) mass is 214 g/mol. The maximum Gasteiger partial charge on any atom is 0.258 e. The Labute approximate surface area is 84.4 Å². The zero-order chi connectivity index (χ0) is 10.8. The zero-order valence-electron chi connectivity index (χ0n) is 8.48. The van der Waals surface area contributed by atoms with Gasteiger partial charge in [-0.15, -0.1) is 0 Å². The Balaban J connectivity index is 2.99. The number of sulfonamides is 1. The summed E-state index contributed by atoms with van der Waals surface area (Å²) < 4.78 is 25.9. The van der Waals surface area contributed by atoms with E-state index in [1.54, 1.807) is 32.9 Å². The van der Waals surface area contributed by atoms with E-state index >= 15 is 0 Å². The summed E-state index contributed by atoms with van der Waals surface area (Å²) in [4.78, 5) is 3.78. The molecular formula is C9H14N2O2S. The first kappa shape index (κ1) is 11.1. The van der Waals surface area contributed by atoms with Gasteiger partial charge in [0.25, 0.3) is 10.0 Å². The molecule has 1 heterocycles. The third kappa shape index (κ3) is 3.08. The van der Waals surface area contributed by atoms with Gasteiger partial charge >= 0.3 is 0 Å². The van der Waals surface area contributed by atoms with Crippen molar-refractivity contribution >= 4 is 10.0 Å². The molecule has 0 unspecified atom stereocenters. The van der Waals surface area contributed by atoms with E-state index in [-0.39, 0.29) is 5.03 Å². The molecule has 0 aliphatic carbocycles. The van der Waals surface area contributed by atoms with Crippen molar-refractivity contribution in [1.29, 1.82) is 0 Å². The summed E-state index contributed by atoms with van der Waals surface area (Å²) in [5, 5.41) is 0.0509. The quantitative estimate of drug-likeness (QED) is 0.803. The van der Waals surface area contributed by atoms with E-state index in [2.05, 4.69) is 9.71 Å². The van der Waals surface area contributed by atoms with Gasteiger partial charge in [-0.1, -0.05) is 6.07 Å². The van der Waals surface area contributed by atoms with Crippen LogP contribution in [0.25, 0.3) is 0 Å². The molecule has 0 amide bonds. The van der Waals surface area contributed by atoms with Crippen molar-refractivity contribution in [3.8, 4) is 0 Å². The van der Waals surface area contributed by atoms with E-state index in [9.17, 15) is 8.42 Å². The van der Waals surface area contributed by atoms with Gasteiger partial charge in [-0.3, -0.25) is 0 Å². The summed E-state index contributed by atoms with van der Waals surface area (Å²) in [6.07, 6.45) is 1.46. The van der Waals surface area contributed by atoms with Gasteiger partial charge in [-0.25, -0.2) is 18.1 Å². The molecule has 0 atom stereocenters. The molecule has 0 saturated carbocycles. The minimum absolute atomic E-state index is 0.0509. The van der Waals surface area contributed by atoms with Crippen molar-refractivity contribution in [2.75, 3.05) is 0 Å². The molecule has 1 aromatic heterocycles. The SMILES string of the molecule is CC(C)(C)NS(=O)(=O)c1ccccn1. The second-order valence-corrected chi connectivity index (χ2v) is 5.65. The largest absolute Gasteiger partial charge is 0.258 e. The Morgan fingerprint density at radius 2 is 1.93 bits per heavy atom. The molecule has 1 N–H and O–H groups in total. The van der Waals surface area contributed by atoms with Crippen LogP contribution in [0.4, 0.5) is 0 Å². The van der Waals surface area contributed by atoms with E-state index in [1.807, 2.05) is 0 Å². The fraction of sp³-hybridized carbons (Fsp3) is 0.444. The van der Waals surface area contributed by atoms with E-state index in [0.29, 0.717) is 0 Å². The fourth-order valence-electron chi connectivity index (χ4n) is 0.961. The van der Waals surface area contributed by atoms with Gasteiger partial charge in [-0.2, -0.15) is 0 Å². The predicted octanol–water partition coefficient (Wildman–Crippen LogP) is 1.16. The van der Waals surface area contributed by atoms with Crippen LogP contribution in [-0.2, 0) is 10.0 Å². The summed E-state index contributed by atoms with van der Waals surface area (Å²) >= 11 is 0. The van der Waals surface area contributed by atoms with Gasteiger partial charge in [-0.05, 0) is 32.9 Å². The van der Waals surface area contributed by atoms with Crippen LogP contribution in [0, 0.1) is 0 Å². The summed E-state index contributed by atoms with van der Waals surface area (Å²) in [6.45, 7) is 5.36. The van der Waals surface area contributed by atoms with Crippen LogP contribution in [0.1, 0.15) is 20.8 Å². The van der Waals surface area contributed by atoms with E-state index in [4.69, 9.17) is 0 Å². The summed E-state index contributed by atoms with van der Waals surface area (Å²) in [5.41, 5.74) is -0.490. The van der Waals surface area contributed by atoms with Crippen molar-refractivity contribution in [1.82, 2.24) is 9.71 Å². The number of rotatable bonds is 2. The highest BCUT2D eigenvalue weighted by atomic mass is 32.2. The Bertz CT molecular complexity index is 393. The highest BCUT2D eigenvalue weighted by Gasteiger charge is 2.22. The fourth-order valence-corrected chi connectivity index (χ4v) is 2.33. The molecule has 0 aromatic carbocycles. The van der Waals surface area contributed by atoms with Gasteiger partial charge in [0.1, 0.15) is 0 Å². The van der Waals surface area contributed by atoms with E-state index < -0.39 is 15.6 Å². The van der Waals surface area contributed by atoms with Crippen LogP contribution in [0.3, 0.4) is 0 Å². The van der Waals surface area contributed by atoms with Crippen LogP contribution in [0.2, 0.25) is 0 Å². The van der Waals surface area contributed by atoms with E-state index in [0.717, 1.165) is 0 Å². The number of nitrogens with one attached hydrogen (secondary N) is 1. The lowest BCUT2D eigenvalue weighted by atomic mass is 10.1. The molecule has 0 radical (unpaired) electrons. The van der Waals surface area contributed by atoms with E-state index in [1.165, 1.54) is 12.3 Å². The van der Waals surface area contributed by atoms with Gasteiger partial charge in [0.15, 0.2) is 5.03 Å². The standard InChI is InChI=1S/C9H14N2O2S/c1-9(2,3)11-14(12,13)8-6-4-5-7-10-8/h4-7,11H,1-3H3. The van der Waals surface area contributed by atoms with Crippen molar-refractivity contribution in [3.63, 3.8) is 0 Å². The minimum atomic E-state index is -3.48. The van der Waals surface area contributed by atoms with Crippen molar-refractivity contribution in [3.05, 3.63) is 24.4 Å². The minimum Gasteiger partial charge on any atom is -0.243 e. The van der Waals surface area contributed by atoms with Crippen LogP contribution < -0.4 is 4.72 Å². The van der Waals surface area contributed by atoms with Crippen molar-refractivity contribution < 1.29 is 8.42 Å². The molecular weight excluding hydrogens is 200 g/mol. The molecule has 1 aromatic rings. The molecule has 0 bridgehead atoms. The molecule has 14 heavy (non-hydrogen) atoms. The molecule has 5 heteroatoms. The Hall–Kier alpha value is -0.940. The van der Waals surface area contributed by atoms with Crippen molar-refractivity contribution in [2.24, 2.45) is 0 Å². The lowest BCUT2D eigenvalue weighted by Crippen LogP contribution is -2.40. The molecule has 0 fully saturated rings. The zero-order valence-corrected chi connectivity index (χ0v) is 9.30. The first-order valence-corrected chi connectivity index (χ1v) is 5.75. The van der Waals surface area contributed by atoms with Gasteiger partial charge in [0.2, 0.25) is 0 Å². The Morgan fingerprint density at radius 1 is 1.29 bits per heavy atom. The molecule has 1 rings (SSSR count). The predicted molar refractivity (Wildman–Crippen MR) is 54.3 cm³/mol. The lowest BCUT2D eigenvalue weighted by molar-refractivity contribution is 0.489. The number of aromatic nitrogens is 1. The number of hydrogen-bond acceptors (Lipinski definition) is 3. The lowest BCUT2D eigenvalue weighted by Gasteiger charge is -2.19. The number of hydrogen-bond donors (Lipinski definition) is 1. The third-order valence-corrected chi connectivity index (χ3v) is 3.03. The Kier molecular flexibility index (Phi) is 2.92. The molecule has 4 nitrogen and oxygen atoms in total. The second-order valence-electron chi connectivity index (χ2n) is 4.02. The summed E-state index contributed by atoms with van der Waals surface area (Å²) in [5.74, 6) is 0. The first-order valence-electron chi connectivity index (χ1n) is 4.26. The van der Waals surface area contributed by atoms with Crippen molar-refractivity contribution in [2.45, 2.75) is 31.3 Å². The molecule has 0 spiro atoms. The average Bonchev–Trinajstić information content (AvgIpc) is 2.01. The molecule has 0 aliphatic heterocycles. The maximum absolute atomic E-state index is 11.7. The highest BCUT2D eigenvalue weighted by Crippen LogP contribution is 2.08. The summed E-state index contributed by atoms with van der Waals surface area (Å²) in [6, 6.07) is 4.79. The number of pyridine rings is 1. The van der Waals surface area contributed by atoms with Crippen LogP contribution in [0.15, 0.2) is 29.4 Å². The maximum atomic E-state index is 11.7. The first-order chi connectivity index (χ1) is 6.31. The highest BCUT2D eigenvalue weighted by molar-refractivity contribution is 7.89. The third-order valence-electron chi connectivity index (χ3n) is 1.35. The molecule has 0 aliphatic rings. The normalized spacial score (nSPS) is 12.8. The summed E-state index contributed by atoms with van der Waals surface area (Å²) in [7, 11) is -3.48. The van der Waals surface area contributed by atoms with Crippen LogP contribution >= 0.6 is 0 Å². The average molecular weight is 214 g/mol. The molecule has 78 valence electrons. The topological polar surface area (TPSA) is 59.1 Å². The number of nitrogens with zero attached hydrogens (tertiary/aromatic N) is 1. The van der Waals surface area contributed by atoms with Gasteiger partial charge in [0.05, 0.1) is 0 Å². The van der Waals surface area contributed by atoms with Crippen LogP contribution in [-0.4, -0.2) is 18.9 Å². The molecule has 0 saturated heterocycles. The van der Waals surface area contributed by atoms with Crippen LogP contribution in [0.5, 0.6) is 0 Å². The Morgan fingerprint density at radius 3 is 2.36 bits per heavy atom. The smallest absolute Gasteiger partial charge is 0.243 e. The van der Waals surface area contributed by atoms with Gasteiger partial charge < -0.3 is 0 Å². The second kappa shape index (κ2) is 3.67.